The molecule has 0 aromatic carbocycles. The smallest absolute Gasteiger partial charge is 0.237 e. The van der Waals surface area contributed by atoms with Crippen LogP contribution in [-0.2, 0) is 4.79 Å². The van der Waals surface area contributed by atoms with Gasteiger partial charge >= 0.3 is 0 Å². The number of hydrogen-bond donors (Lipinski definition) is 2. The molecule has 118 valence electrons. The first-order valence-electron chi connectivity index (χ1n) is 7.82. The lowest BCUT2D eigenvalue weighted by atomic mass is 9.93. The van der Waals surface area contributed by atoms with E-state index in [4.69, 9.17) is 5.73 Å². The molecule has 1 rings (SSSR count). The van der Waals surface area contributed by atoms with Gasteiger partial charge in [0.15, 0.2) is 0 Å². The van der Waals surface area contributed by atoms with Crippen LogP contribution in [0.2, 0.25) is 0 Å². The molecule has 0 aromatic rings. The Balaban J connectivity index is 2.38. The van der Waals surface area contributed by atoms with Gasteiger partial charge < -0.3 is 20.9 Å². The number of hydrogen-bond acceptors (Lipinski definition) is 4. The molecule has 0 radical (unpaired) electrons. The highest BCUT2D eigenvalue weighted by Gasteiger charge is 2.30. The van der Waals surface area contributed by atoms with Crippen LogP contribution in [0.5, 0.6) is 0 Å². The number of primary amides is 1. The zero-order valence-electron chi connectivity index (χ0n) is 13.6. The maximum atomic E-state index is 11.7. The quantitative estimate of drug-likeness (QED) is 0.720. The van der Waals surface area contributed by atoms with Gasteiger partial charge in [-0.3, -0.25) is 4.79 Å². The van der Waals surface area contributed by atoms with Gasteiger partial charge in [-0.15, -0.1) is 0 Å². The first-order valence-corrected chi connectivity index (χ1v) is 7.82. The first kappa shape index (κ1) is 17.4. The Morgan fingerprint density at radius 3 is 2.60 bits per heavy atom. The minimum absolute atomic E-state index is 0.248. The summed E-state index contributed by atoms with van der Waals surface area (Å²) in [6, 6.07) is 0.263. The Hall–Kier alpha value is -0.650. The molecular formula is C15H32N4O. The van der Waals surface area contributed by atoms with Gasteiger partial charge in [0.2, 0.25) is 5.91 Å². The molecule has 0 bridgehead atoms. The van der Waals surface area contributed by atoms with Gasteiger partial charge in [-0.05, 0) is 66.7 Å². The fourth-order valence-corrected chi connectivity index (χ4v) is 2.88. The van der Waals surface area contributed by atoms with Crippen molar-refractivity contribution in [1.82, 2.24) is 15.1 Å². The van der Waals surface area contributed by atoms with Crippen LogP contribution in [0.3, 0.4) is 0 Å². The lowest BCUT2D eigenvalue weighted by molar-refractivity contribution is -0.124. The van der Waals surface area contributed by atoms with Crippen molar-refractivity contribution in [3.8, 4) is 0 Å². The van der Waals surface area contributed by atoms with Gasteiger partial charge in [0, 0.05) is 19.1 Å². The van der Waals surface area contributed by atoms with Crippen molar-refractivity contribution in [2.24, 2.45) is 5.73 Å². The first-order chi connectivity index (χ1) is 9.33. The molecule has 5 nitrogen and oxygen atoms in total. The summed E-state index contributed by atoms with van der Waals surface area (Å²) < 4.78 is 0. The standard InChI is InChI=1S/C15H32N4O/c1-13(2)17-15(3,14(16)20)7-5-9-19-10-6-8-18(4)11-12-19/h13,17H,5-12H2,1-4H3,(H2,16,20). The Kier molecular flexibility index (Phi) is 6.92. The van der Waals surface area contributed by atoms with Crippen LogP contribution < -0.4 is 11.1 Å². The topological polar surface area (TPSA) is 61.6 Å². The molecule has 1 unspecified atom stereocenters. The Morgan fingerprint density at radius 2 is 2.00 bits per heavy atom. The summed E-state index contributed by atoms with van der Waals surface area (Å²) in [7, 11) is 2.18. The molecule has 1 fully saturated rings. The molecule has 20 heavy (non-hydrogen) atoms. The molecule has 0 spiro atoms. The van der Waals surface area contributed by atoms with Crippen LogP contribution in [0.15, 0.2) is 0 Å². The molecule has 0 aliphatic carbocycles. The van der Waals surface area contributed by atoms with Crippen molar-refractivity contribution < 1.29 is 4.79 Å². The maximum absolute atomic E-state index is 11.7. The average molecular weight is 284 g/mol. The molecular weight excluding hydrogens is 252 g/mol. The minimum atomic E-state index is -0.587. The van der Waals surface area contributed by atoms with Crippen molar-refractivity contribution >= 4 is 5.91 Å². The molecule has 1 amide bonds. The van der Waals surface area contributed by atoms with Gasteiger partial charge in [-0.2, -0.15) is 0 Å². The highest BCUT2D eigenvalue weighted by Crippen LogP contribution is 2.14. The van der Waals surface area contributed by atoms with Crippen LogP contribution in [-0.4, -0.2) is 67.1 Å². The SMILES string of the molecule is CC(C)NC(C)(CCCN1CCCN(C)CC1)C(N)=O. The number of nitrogens with zero attached hydrogens (tertiary/aromatic N) is 2. The molecule has 1 atom stereocenters. The lowest BCUT2D eigenvalue weighted by Gasteiger charge is -2.31. The van der Waals surface area contributed by atoms with Crippen molar-refractivity contribution in [2.75, 3.05) is 39.8 Å². The highest BCUT2D eigenvalue weighted by atomic mass is 16.1. The van der Waals surface area contributed by atoms with Gasteiger partial charge in [0.1, 0.15) is 0 Å². The Labute approximate surface area is 123 Å². The van der Waals surface area contributed by atoms with Crippen LogP contribution in [0.25, 0.3) is 0 Å². The van der Waals surface area contributed by atoms with E-state index >= 15 is 0 Å². The van der Waals surface area contributed by atoms with E-state index in [1.165, 1.54) is 13.0 Å². The molecule has 1 aliphatic rings. The number of carbonyl (C=O) groups is 1. The van der Waals surface area contributed by atoms with E-state index in [0.29, 0.717) is 0 Å². The molecule has 3 N–H and O–H groups in total. The third-order valence-electron chi connectivity index (χ3n) is 4.11. The number of rotatable bonds is 7. The largest absolute Gasteiger partial charge is 0.368 e. The van der Waals surface area contributed by atoms with Gasteiger partial charge in [0.05, 0.1) is 5.54 Å². The summed E-state index contributed by atoms with van der Waals surface area (Å²) in [5, 5.41) is 3.31. The average Bonchev–Trinajstić information content (AvgIpc) is 2.53. The van der Waals surface area contributed by atoms with E-state index in [2.05, 4.69) is 22.2 Å². The van der Waals surface area contributed by atoms with Gasteiger partial charge in [-0.25, -0.2) is 0 Å². The molecule has 0 saturated carbocycles. The van der Waals surface area contributed by atoms with Crippen molar-refractivity contribution in [3.05, 3.63) is 0 Å². The maximum Gasteiger partial charge on any atom is 0.237 e. The summed E-state index contributed by atoms with van der Waals surface area (Å²) in [4.78, 5) is 16.6. The van der Waals surface area contributed by atoms with Crippen molar-refractivity contribution in [1.29, 1.82) is 0 Å². The fourth-order valence-electron chi connectivity index (χ4n) is 2.88. The molecule has 1 aliphatic heterocycles. The van der Waals surface area contributed by atoms with Crippen molar-refractivity contribution in [2.45, 2.75) is 51.6 Å². The summed E-state index contributed by atoms with van der Waals surface area (Å²) in [5.41, 5.74) is 4.97. The number of carbonyl (C=O) groups excluding carboxylic acids is 1. The Bertz CT molecular complexity index is 308. The Morgan fingerprint density at radius 1 is 1.30 bits per heavy atom. The van der Waals surface area contributed by atoms with E-state index in [0.717, 1.165) is 39.0 Å². The fraction of sp³-hybridized carbons (Fsp3) is 0.933. The van der Waals surface area contributed by atoms with E-state index in [-0.39, 0.29) is 11.9 Å². The third-order valence-corrected chi connectivity index (χ3v) is 4.11. The summed E-state index contributed by atoms with van der Waals surface area (Å²) in [6.45, 7) is 11.7. The predicted molar refractivity (Wildman–Crippen MR) is 83.7 cm³/mol. The van der Waals surface area contributed by atoms with Crippen LogP contribution in [0, 0.1) is 0 Å². The van der Waals surface area contributed by atoms with E-state index < -0.39 is 5.54 Å². The van der Waals surface area contributed by atoms with E-state index in [1.807, 2.05) is 20.8 Å². The summed E-state index contributed by atoms with van der Waals surface area (Å²) in [6.07, 6.45) is 3.03. The molecule has 1 heterocycles. The highest BCUT2D eigenvalue weighted by molar-refractivity contribution is 5.84. The van der Waals surface area contributed by atoms with Gasteiger partial charge in [-0.1, -0.05) is 0 Å². The minimum Gasteiger partial charge on any atom is -0.368 e. The van der Waals surface area contributed by atoms with Gasteiger partial charge in [0.25, 0.3) is 0 Å². The normalized spacial score (nSPS) is 21.6. The molecule has 0 aromatic heterocycles. The number of nitrogens with two attached hydrogens (primary N) is 1. The van der Waals surface area contributed by atoms with Crippen LogP contribution in [0.1, 0.15) is 40.0 Å². The number of amides is 1. The van der Waals surface area contributed by atoms with Crippen LogP contribution >= 0.6 is 0 Å². The second-order valence-electron chi connectivity index (χ2n) is 6.60. The monoisotopic (exact) mass is 284 g/mol. The molecule has 1 saturated heterocycles. The molecule has 5 heteroatoms. The number of likely N-dealkylation sites (N-methyl/N-ethyl adjacent to an activating group) is 1. The summed E-state index contributed by atoms with van der Waals surface area (Å²) in [5.74, 6) is -0.248. The van der Waals surface area contributed by atoms with Crippen LogP contribution in [0.4, 0.5) is 0 Å². The number of nitrogens with one attached hydrogen (secondary N) is 1. The zero-order valence-corrected chi connectivity index (χ0v) is 13.6. The second kappa shape index (κ2) is 7.96. The third kappa shape index (κ3) is 5.77. The zero-order chi connectivity index (χ0) is 15.2. The van der Waals surface area contributed by atoms with E-state index in [1.54, 1.807) is 0 Å². The predicted octanol–water partition coefficient (Wildman–Crippen LogP) is 0.646. The summed E-state index contributed by atoms with van der Waals surface area (Å²) >= 11 is 0. The second-order valence-corrected chi connectivity index (χ2v) is 6.60. The van der Waals surface area contributed by atoms with Crippen molar-refractivity contribution in [3.63, 3.8) is 0 Å². The lowest BCUT2D eigenvalue weighted by Crippen LogP contribution is -2.55. The van der Waals surface area contributed by atoms with E-state index in [9.17, 15) is 4.79 Å².